The van der Waals surface area contributed by atoms with Crippen LogP contribution >= 0.6 is 0 Å². The van der Waals surface area contributed by atoms with Crippen molar-refractivity contribution in [1.29, 1.82) is 5.41 Å². The van der Waals surface area contributed by atoms with E-state index in [1.165, 1.54) is 25.7 Å². The summed E-state index contributed by atoms with van der Waals surface area (Å²) in [6.45, 7) is 5.89. The molecule has 3 unspecified atom stereocenters. The van der Waals surface area contributed by atoms with Crippen LogP contribution < -0.4 is 0 Å². The van der Waals surface area contributed by atoms with Crippen LogP contribution in [0.2, 0.25) is 0 Å². The molecule has 0 bridgehead atoms. The summed E-state index contributed by atoms with van der Waals surface area (Å²) in [7, 11) is 0. The van der Waals surface area contributed by atoms with Gasteiger partial charge in [0.05, 0.1) is 5.84 Å². The molecule has 2 fully saturated rings. The highest BCUT2D eigenvalue weighted by Gasteiger charge is 2.34. The van der Waals surface area contributed by atoms with Crippen molar-refractivity contribution in [1.82, 2.24) is 4.90 Å². The van der Waals surface area contributed by atoms with Crippen LogP contribution in [0.3, 0.4) is 0 Å². The third-order valence-corrected chi connectivity index (χ3v) is 4.22. The van der Waals surface area contributed by atoms with Gasteiger partial charge in [0.15, 0.2) is 0 Å². The smallest absolute Gasteiger partial charge is 0.0960 e. The number of likely N-dealkylation sites (tertiary alicyclic amines) is 1. The standard InChI is InChI=1S/C12H22N2/c1-9-5-3-6-11(10(9)2)14-8-4-7-12(14)13/h9-11,13H,3-8H2,1-2H3. The van der Waals surface area contributed by atoms with Crippen LogP contribution in [0.1, 0.15) is 46.0 Å². The topological polar surface area (TPSA) is 27.1 Å². The highest BCUT2D eigenvalue weighted by molar-refractivity contribution is 5.81. The first kappa shape index (κ1) is 10.0. The molecule has 0 aromatic rings. The fraction of sp³-hybridized carbons (Fsp3) is 0.917. The van der Waals surface area contributed by atoms with Gasteiger partial charge in [-0.15, -0.1) is 0 Å². The maximum Gasteiger partial charge on any atom is 0.0960 e. The minimum absolute atomic E-state index is 0.675. The molecule has 1 N–H and O–H groups in total. The van der Waals surface area contributed by atoms with Gasteiger partial charge in [0.2, 0.25) is 0 Å². The van der Waals surface area contributed by atoms with Gasteiger partial charge < -0.3 is 4.90 Å². The van der Waals surface area contributed by atoms with Gasteiger partial charge in [0.1, 0.15) is 0 Å². The molecule has 14 heavy (non-hydrogen) atoms. The molecule has 1 saturated heterocycles. The molecular weight excluding hydrogens is 172 g/mol. The van der Waals surface area contributed by atoms with Crippen LogP contribution in [-0.2, 0) is 0 Å². The normalized spacial score (nSPS) is 39.1. The van der Waals surface area contributed by atoms with Gasteiger partial charge >= 0.3 is 0 Å². The molecule has 80 valence electrons. The Hall–Kier alpha value is -0.530. The minimum atomic E-state index is 0.675. The van der Waals surface area contributed by atoms with Crippen molar-refractivity contribution in [2.24, 2.45) is 11.8 Å². The second-order valence-corrected chi connectivity index (χ2v) is 5.08. The molecule has 0 amide bonds. The molecule has 2 nitrogen and oxygen atoms in total. The number of nitrogens with one attached hydrogen (secondary N) is 1. The molecule has 1 aliphatic heterocycles. The van der Waals surface area contributed by atoms with E-state index in [9.17, 15) is 0 Å². The molecule has 1 heterocycles. The zero-order valence-corrected chi connectivity index (χ0v) is 9.42. The van der Waals surface area contributed by atoms with E-state index in [0.29, 0.717) is 6.04 Å². The predicted molar refractivity (Wildman–Crippen MR) is 59.6 cm³/mol. The minimum Gasteiger partial charge on any atom is -0.357 e. The van der Waals surface area contributed by atoms with Crippen LogP contribution in [0, 0.1) is 17.2 Å². The maximum atomic E-state index is 7.92. The second kappa shape index (κ2) is 3.92. The number of rotatable bonds is 1. The third kappa shape index (κ3) is 1.67. The predicted octanol–water partition coefficient (Wildman–Crippen LogP) is 2.88. The van der Waals surface area contributed by atoms with E-state index in [-0.39, 0.29) is 0 Å². The van der Waals surface area contributed by atoms with Gasteiger partial charge in [0.25, 0.3) is 0 Å². The number of hydrogen-bond donors (Lipinski definition) is 1. The summed E-state index contributed by atoms with van der Waals surface area (Å²) in [5.74, 6) is 2.53. The lowest BCUT2D eigenvalue weighted by atomic mass is 9.77. The van der Waals surface area contributed by atoms with Crippen LogP contribution in [0.5, 0.6) is 0 Å². The molecule has 2 heteroatoms. The lowest BCUT2D eigenvalue weighted by Crippen LogP contribution is -2.44. The first-order valence-corrected chi connectivity index (χ1v) is 6.04. The van der Waals surface area contributed by atoms with Gasteiger partial charge in [-0.3, -0.25) is 5.41 Å². The summed E-state index contributed by atoms with van der Waals surface area (Å²) in [5, 5.41) is 7.92. The average molecular weight is 194 g/mol. The Labute approximate surface area is 87.2 Å². The summed E-state index contributed by atoms with van der Waals surface area (Å²) in [5.41, 5.74) is 0. The average Bonchev–Trinajstić information content (AvgIpc) is 2.57. The highest BCUT2D eigenvalue weighted by Crippen LogP contribution is 2.34. The van der Waals surface area contributed by atoms with E-state index in [1.54, 1.807) is 0 Å². The van der Waals surface area contributed by atoms with Crippen LogP contribution in [0.4, 0.5) is 0 Å². The van der Waals surface area contributed by atoms with E-state index >= 15 is 0 Å². The van der Waals surface area contributed by atoms with E-state index in [0.717, 1.165) is 30.6 Å². The van der Waals surface area contributed by atoms with Gasteiger partial charge in [0, 0.05) is 19.0 Å². The molecule has 2 aliphatic rings. The highest BCUT2D eigenvalue weighted by atomic mass is 15.2. The summed E-state index contributed by atoms with van der Waals surface area (Å²) in [6, 6.07) is 0.675. The van der Waals surface area contributed by atoms with E-state index in [1.807, 2.05) is 0 Å². The zero-order valence-electron chi connectivity index (χ0n) is 9.42. The fourth-order valence-electron chi connectivity index (χ4n) is 3.06. The Bertz CT molecular complexity index is 224. The lowest BCUT2D eigenvalue weighted by Gasteiger charge is -2.40. The number of hydrogen-bond acceptors (Lipinski definition) is 1. The molecule has 2 rings (SSSR count). The molecule has 0 aromatic heterocycles. The molecule has 0 radical (unpaired) electrons. The van der Waals surface area contributed by atoms with Crippen LogP contribution in [0.25, 0.3) is 0 Å². The Kier molecular flexibility index (Phi) is 2.80. The van der Waals surface area contributed by atoms with E-state index < -0.39 is 0 Å². The van der Waals surface area contributed by atoms with Crippen molar-refractivity contribution in [3.8, 4) is 0 Å². The summed E-state index contributed by atoms with van der Waals surface area (Å²) >= 11 is 0. The van der Waals surface area contributed by atoms with Crippen molar-refractivity contribution in [3.63, 3.8) is 0 Å². The number of nitrogens with zero attached hydrogens (tertiary/aromatic N) is 1. The SMILES string of the molecule is CC1CCCC(N2CCCC2=N)C1C. The van der Waals surface area contributed by atoms with Crippen LogP contribution in [-0.4, -0.2) is 23.3 Å². The summed E-state index contributed by atoms with van der Waals surface area (Å²) < 4.78 is 0. The van der Waals surface area contributed by atoms with Crippen molar-refractivity contribution in [2.45, 2.75) is 52.0 Å². The van der Waals surface area contributed by atoms with Gasteiger partial charge in [-0.1, -0.05) is 26.7 Å². The van der Waals surface area contributed by atoms with Gasteiger partial charge in [-0.2, -0.15) is 0 Å². The second-order valence-electron chi connectivity index (χ2n) is 5.08. The molecular formula is C12H22N2. The Balaban J connectivity index is 2.05. The van der Waals surface area contributed by atoms with Gasteiger partial charge in [-0.25, -0.2) is 0 Å². The van der Waals surface area contributed by atoms with Crippen LogP contribution in [0.15, 0.2) is 0 Å². The fourth-order valence-corrected chi connectivity index (χ4v) is 3.06. The summed E-state index contributed by atoms with van der Waals surface area (Å²) in [6.07, 6.45) is 6.28. The van der Waals surface area contributed by atoms with Crippen molar-refractivity contribution >= 4 is 5.84 Å². The Morgan fingerprint density at radius 2 is 2.00 bits per heavy atom. The first-order chi connectivity index (χ1) is 6.70. The first-order valence-electron chi connectivity index (χ1n) is 6.04. The Morgan fingerprint density at radius 1 is 1.21 bits per heavy atom. The van der Waals surface area contributed by atoms with E-state index in [2.05, 4.69) is 18.7 Å². The van der Waals surface area contributed by atoms with E-state index in [4.69, 9.17) is 5.41 Å². The number of amidine groups is 1. The molecule has 1 aliphatic carbocycles. The largest absolute Gasteiger partial charge is 0.357 e. The van der Waals surface area contributed by atoms with Gasteiger partial charge in [-0.05, 0) is 24.7 Å². The quantitative estimate of drug-likeness (QED) is 0.682. The Morgan fingerprint density at radius 3 is 2.64 bits per heavy atom. The third-order valence-electron chi connectivity index (χ3n) is 4.22. The zero-order chi connectivity index (χ0) is 10.1. The lowest BCUT2D eigenvalue weighted by molar-refractivity contribution is 0.141. The molecule has 3 atom stereocenters. The van der Waals surface area contributed by atoms with Crippen molar-refractivity contribution < 1.29 is 0 Å². The van der Waals surface area contributed by atoms with Crippen molar-refractivity contribution in [2.75, 3.05) is 6.54 Å². The molecule has 0 aromatic carbocycles. The maximum absolute atomic E-state index is 7.92. The molecule has 0 spiro atoms. The molecule has 1 saturated carbocycles. The summed E-state index contributed by atoms with van der Waals surface area (Å²) in [4.78, 5) is 2.38. The van der Waals surface area contributed by atoms with Crippen molar-refractivity contribution in [3.05, 3.63) is 0 Å². The monoisotopic (exact) mass is 194 g/mol.